The lowest BCUT2D eigenvalue weighted by atomic mass is 9.80. The van der Waals surface area contributed by atoms with E-state index in [1.165, 1.54) is 0 Å². The SMILES string of the molecule is O=C(O)C1(Cc2cccc3cccnc23)CCNC1. The van der Waals surface area contributed by atoms with Gasteiger partial charge in [0.2, 0.25) is 0 Å². The molecule has 1 fully saturated rings. The van der Waals surface area contributed by atoms with Crippen LogP contribution in [0.25, 0.3) is 10.9 Å². The number of aromatic nitrogens is 1. The standard InChI is InChI=1S/C15H16N2O2/c18-14(19)15(6-8-16-10-15)9-12-4-1-3-11-5-2-7-17-13(11)12/h1-5,7,16H,6,8-10H2,(H,18,19). The topological polar surface area (TPSA) is 62.2 Å². The third-order valence-corrected chi connectivity index (χ3v) is 3.94. The molecular weight excluding hydrogens is 240 g/mol. The fourth-order valence-electron chi connectivity index (χ4n) is 2.83. The van der Waals surface area contributed by atoms with E-state index in [-0.39, 0.29) is 0 Å². The van der Waals surface area contributed by atoms with Gasteiger partial charge in [-0.25, -0.2) is 0 Å². The van der Waals surface area contributed by atoms with Crippen LogP contribution in [0.3, 0.4) is 0 Å². The lowest BCUT2D eigenvalue weighted by Gasteiger charge is -2.23. The summed E-state index contributed by atoms with van der Waals surface area (Å²) in [5.41, 5.74) is 1.24. The fourth-order valence-corrected chi connectivity index (χ4v) is 2.83. The number of carbonyl (C=O) groups is 1. The van der Waals surface area contributed by atoms with Crippen molar-refractivity contribution in [3.05, 3.63) is 42.1 Å². The van der Waals surface area contributed by atoms with E-state index in [1.54, 1.807) is 6.20 Å². The fraction of sp³-hybridized carbons (Fsp3) is 0.333. The van der Waals surface area contributed by atoms with Crippen LogP contribution in [0.5, 0.6) is 0 Å². The van der Waals surface area contributed by atoms with Gasteiger partial charge in [-0.1, -0.05) is 24.3 Å². The number of aliphatic carboxylic acids is 1. The molecule has 1 aromatic carbocycles. The van der Waals surface area contributed by atoms with Crippen LogP contribution >= 0.6 is 0 Å². The quantitative estimate of drug-likeness (QED) is 0.879. The van der Waals surface area contributed by atoms with E-state index in [0.29, 0.717) is 19.4 Å². The molecule has 0 amide bonds. The first-order valence-electron chi connectivity index (χ1n) is 6.48. The molecular formula is C15H16N2O2. The maximum Gasteiger partial charge on any atom is 0.311 e. The summed E-state index contributed by atoms with van der Waals surface area (Å²) in [5.74, 6) is -0.717. The number of fused-ring (bicyclic) bond motifs is 1. The molecule has 4 nitrogen and oxygen atoms in total. The average Bonchev–Trinajstić information content (AvgIpc) is 2.89. The summed E-state index contributed by atoms with van der Waals surface area (Å²) < 4.78 is 0. The second-order valence-electron chi connectivity index (χ2n) is 5.18. The van der Waals surface area contributed by atoms with Crippen molar-refractivity contribution in [1.29, 1.82) is 0 Å². The summed E-state index contributed by atoms with van der Waals surface area (Å²) in [4.78, 5) is 16.0. The normalized spacial score (nSPS) is 22.7. The van der Waals surface area contributed by atoms with E-state index in [2.05, 4.69) is 10.3 Å². The summed E-state index contributed by atoms with van der Waals surface area (Å²) in [6.07, 6.45) is 2.96. The van der Waals surface area contributed by atoms with E-state index in [9.17, 15) is 9.90 Å². The molecule has 98 valence electrons. The van der Waals surface area contributed by atoms with Gasteiger partial charge in [0.15, 0.2) is 0 Å². The number of pyridine rings is 1. The predicted octanol–water partition coefficient (Wildman–Crippen LogP) is 1.84. The zero-order chi connectivity index (χ0) is 13.3. The van der Waals surface area contributed by atoms with Crippen LogP contribution < -0.4 is 5.32 Å². The van der Waals surface area contributed by atoms with Gasteiger partial charge in [0.05, 0.1) is 10.9 Å². The largest absolute Gasteiger partial charge is 0.481 e. The predicted molar refractivity (Wildman–Crippen MR) is 73.0 cm³/mol. The number of benzene rings is 1. The molecule has 1 unspecified atom stereocenters. The number of nitrogens with zero attached hydrogens (tertiary/aromatic N) is 1. The Hall–Kier alpha value is -1.94. The number of carboxylic acids is 1. The van der Waals surface area contributed by atoms with Crippen LogP contribution in [0.2, 0.25) is 0 Å². The Balaban J connectivity index is 2.03. The minimum atomic E-state index is -0.717. The van der Waals surface area contributed by atoms with E-state index in [1.807, 2.05) is 30.3 Å². The number of hydrogen-bond donors (Lipinski definition) is 2. The Morgan fingerprint density at radius 1 is 1.37 bits per heavy atom. The van der Waals surface area contributed by atoms with E-state index in [4.69, 9.17) is 0 Å². The molecule has 1 aliphatic heterocycles. The van der Waals surface area contributed by atoms with Crippen LogP contribution in [0, 0.1) is 5.41 Å². The molecule has 0 bridgehead atoms. The highest BCUT2D eigenvalue weighted by atomic mass is 16.4. The first-order chi connectivity index (χ1) is 9.21. The van der Waals surface area contributed by atoms with Crippen molar-refractivity contribution in [3.8, 4) is 0 Å². The second kappa shape index (κ2) is 4.63. The van der Waals surface area contributed by atoms with Crippen LogP contribution in [0.4, 0.5) is 0 Å². The van der Waals surface area contributed by atoms with Crippen molar-refractivity contribution < 1.29 is 9.90 Å². The summed E-state index contributed by atoms with van der Waals surface area (Å²) >= 11 is 0. The third-order valence-electron chi connectivity index (χ3n) is 3.94. The van der Waals surface area contributed by atoms with Gasteiger partial charge in [-0.3, -0.25) is 9.78 Å². The Kier molecular flexibility index (Phi) is 2.95. The lowest BCUT2D eigenvalue weighted by Crippen LogP contribution is -2.35. The molecule has 1 saturated heterocycles. The Morgan fingerprint density at radius 2 is 2.21 bits per heavy atom. The monoisotopic (exact) mass is 256 g/mol. The molecule has 2 aromatic rings. The van der Waals surface area contributed by atoms with Crippen molar-refractivity contribution in [2.24, 2.45) is 5.41 Å². The summed E-state index contributed by atoms with van der Waals surface area (Å²) in [6, 6.07) is 9.87. The lowest BCUT2D eigenvalue weighted by molar-refractivity contribution is -0.147. The molecule has 4 heteroatoms. The number of carboxylic acid groups (broad SMARTS) is 1. The van der Waals surface area contributed by atoms with Gasteiger partial charge in [-0.05, 0) is 31.0 Å². The zero-order valence-corrected chi connectivity index (χ0v) is 10.6. The molecule has 2 N–H and O–H groups in total. The van der Waals surface area contributed by atoms with Crippen LogP contribution in [-0.4, -0.2) is 29.1 Å². The maximum absolute atomic E-state index is 11.6. The zero-order valence-electron chi connectivity index (χ0n) is 10.6. The van der Waals surface area contributed by atoms with Gasteiger partial charge in [-0.2, -0.15) is 0 Å². The van der Waals surface area contributed by atoms with Crippen molar-refractivity contribution in [2.45, 2.75) is 12.8 Å². The minimum Gasteiger partial charge on any atom is -0.481 e. The maximum atomic E-state index is 11.6. The summed E-state index contributed by atoms with van der Waals surface area (Å²) in [6.45, 7) is 1.30. The highest BCUT2D eigenvalue weighted by Crippen LogP contribution is 2.32. The third kappa shape index (κ3) is 2.08. The second-order valence-corrected chi connectivity index (χ2v) is 5.18. The molecule has 1 atom stereocenters. The highest BCUT2D eigenvalue weighted by molar-refractivity contribution is 5.83. The van der Waals surface area contributed by atoms with Gasteiger partial charge >= 0.3 is 5.97 Å². The molecule has 0 aliphatic carbocycles. The van der Waals surface area contributed by atoms with Gasteiger partial charge in [0.1, 0.15) is 0 Å². The molecule has 0 radical (unpaired) electrons. The highest BCUT2D eigenvalue weighted by Gasteiger charge is 2.41. The first-order valence-corrected chi connectivity index (χ1v) is 6.48. The average molecular weight is 256 g/mol. The minimum absolute atomic E-state index is 0.531. The molecule has 1 aliphatic rings. The van der Waals surface area contributed by atoms with Gasteiger partial charge in [0, 0.05) is 18.1 Å². The van der Waals surface area contributed by atoms with Gasteiger partial charge in [-0.15, -0.1) is 0 Å². The molecule has 0 saturated carbocycles. The number of nitrogens with one attached hydrogen (secondary N) is 1. The Morgan fingerprint density at radius 3 is 2.95 bits per heavy atom. The summed E-state index contributed by atoms with van der Waals surface area (Å²) in [5, 5.41) is 13.8. The summed E-state index contributed by atoms with van der Waals surface area (Å²) in [7, 11) is 0. The van der Waals surface area contributed by atoms with E-state index in [0.717, 1.165) is 23.0 Å². The van der Waals surface area contributed by atoms with Crippen LogP contribution in [0.15, 0.2) is 36.5 Å². The molecule has 3 rings (SSSR count). The van der Waals surface area contributed by atoms with Crippen molar-refractivity contribution in [3.63, 3.8) is 0 Å². The molecule has 1 aromatic heterocycles. The van der Waals surface area contributed by atoms with Crippen LogP contribution in [-0.2, 0) is 11.2 Å². The van der Waals surface area contributed by atoms with Crippen molar-refractivity contribution in [2.75, 3.05) is 13.1 Å². The van der Waals surface area contributed by atoms with E-state index < -0.39 is 11.4 Å². The molecule has 0 spiro atoms. The first kappa shape index (κ1) is 12.1. The van der Waals surface area contributed by atoms with Gasteiger partial charge < -0.3 is 10.4 Å². The van der Waals surface area contributed by atoms with Crippen molar-refractivity contribution >= 4 is 16.9 Å². The Bertz CT molecular complexity index is 613. The van der Waals surface area contributed by atoms with Crippen LogP contribution in [0.1, 0.15) is 12.0 Å². The Labute approximate surface area is 111 Å². The van der Waals surface area contributed by atoms with E-state index >= 15 is 0 Å². The molecule has 19 heavy (non-hydrogen) atoms. The molecule has 2 heterocycles. The number of rotatable bonds is 3. The number of hydrogen-bond acceptors (Lipinski definition) is 3. The van der Waals surface area contributed by atoms with Gasteiger partial charge in [0.25, 0.3) is 0 Å². The van der Waals surface area contributed by atoms with Crippen molar-refractivity contribution in [1.82, 2.24) is 10.3 Å². The number of para-hydroxylation sites is 1. The smallest absolute Gasteiger partial charge is 0.311 e.